The van der Waals surface area contributed by atoms with Crippen molar-refractivity contribution in [2.75, 3.05) is 6.61 Å². The normalized spacial score (nSPS) is 12.6. The number of hydrogen-bond acceptors (Lipinski definition) is 2. The minimum atomic E-state index is 0.581. The Bertz CT molecular complexity index is 599. The minimum absolute atomic E-state index is 0.581. The van der Waals surface area contributed by atoms with Crippen LogP contribution in [-0.4, -0.2) is 12.3 Å². The van der Waals surface area contributed by atoms with Gasteiger partial charge in [0.2, 0.25) is 0 Å². The fraction of sp³-hybridized carbons (Fsp3) is 0.316. The molecule has 0 atom stereocenters. The highest BCUT2D eigenvalue weighted by atomic mass is 16.5. The summed E-state index contributed by atoms with van der Waals surface area (Å²) < 4.78 is 5.78. The summed E-state index contributed by atoms with van der Waals surface area (Å²) in [6, 6.07) is 16.5. The lowest BCUT2D eigenvalue weighted by Gasteiger charge is -2.15. The average molecular weight is 281 g/mol. The van der Waals surface area contributed by atoms with Crippen molar-refractivity contribution in [1.82, 2.24) is 0 Å². The lowest BCUT2D eigenvalue weighted by molar-refractivity contribution is 0.373. The van der Waals surface area contributed by atoms with Crippen molar-refractivity contribution >= 4 is 11.4 Å². The molecule has 0 saturated carbocycles. The first-order chi connectivity index (χ1) is 10.3. The first kappa shape index (κ1) is 15.3. The third kappa shape index (κ3) is 4.19. The molecule has 1 heterocycles. The van der Waals surface area contributed by atoms with Crippen molar-refractivity contribution in [3.05, 3.63) is 59.7 Å². The Hall–Kier alpha value is -2.09. The van der Waals surface area contributed by atoms with Gasteiger partial charge in [-0.1, -0.05) is 49.7 Å². The van der Waals surface area contributed by atoms with Gasteiger partial charge in [-0.15, -0.1) is 0 Å². The molecule has 0 spiro atoms. The third-order valence-corrected chi connectivity index (χ3v) is 3.38. The van der Waals surface area contributed by atoms with Gasteiger partial charge in [0.15, 0.2) is 0 Å². The van der Waals surface area contributed by atoms with Crippen molar-refractivity contribution in [3.8, 4) is 5.75 Å². The standard InChI is InChI=1S/C17H17NO.C2H6/c1-13-6-10-16(11-7-13)19-12-15-9-8-14-4-2-3-5-17(14)18-15;1-2/h2-7,10-11H,8-9,12H2,1H3;1-2H3. The zero-order valence-electron chi connectivity index (χ0n) is 13.1. The van der Waals surface area contributed by atoms with Gasteiger partial charge in [-0.05, 0) is 43.5 Å². The Morgan fingerprint density at radius 3 is 2.43 bits per heavy atom. The van der Waals surface area contributed by atoms with Crippen molar-refractivity contribution < 1.29 is 4.74 Å². The quantitative estimate of drug-likeness (QED) is 0.765. The van der Waals surface area contributed by atoms with Gasteiger partial charge in [-0.3, -0.25) is 4.99 Å². The van der Waals surface area contributed by atoms with E-state index in [2.05, 4.69) is 42.2 Å². The van der Waals surface area contributed by atoms with Gasteiger partial charge >= 0.3 is 0 Å². The maximum absolute atomic E-state index is 5.78. The van der Waals surface area contributed by atoms with Gasteiger partial charge in [0, 0.05) is 0 Å². The molecule has 0 saturated heterocycles. The van der Waals surface area contributed by atoms with Crippen LogP contribution < -0.4 is 4.74 Å². The second-order valence-corrected chi connectivity index (χ2v) is 4.91. The van der Waals surface area contributed by atoms with E-state index in [4.69, 9.17) is 4.74 Å². The summed E-state index contributed by atoms with van der Waals surface area (Å²) in [4.78, 5) is 4.67. The SMILES string of the molecule is CC.Cc1ccc(OCC2=Nc3ccccc3CC2)cc1. The molecule has 0 aromatic heterocycles. The number of aryl methyl sites for hydroxylation is 2. The van der Waals surface area contributed by atoms with Gasteiger partial charge in [-0.25, -0.2) is 0 Å². The molecule has 2 nitrogen and oxygen atoms in total. The highest BCUT2D eigenvalue weighted by molar-refractivity contribution is 5.90. The lowest BCUT2D eigenvalue weighted by atomic mass is 10.0. The van der Waals surface area contributed by atoms with E-state index in [0.29, 0.717) is 6.61 Å². The van der Waals surface area contributed by atoms with E-state index in [1.807, 2.05) is 32.0 Å². The van der Waals surface area contributed by atoms with Gasteiger partial charge in [0.25, 0.3) is 0 Å². The molecule has 3 rings (SSSR count). The molecule has 0 aliphatic carbocycles. The van der Waals surface area contributed by atoms with E-state index in [0.717, 1.165) is 30.0 Å². The molecule has 21 heavy (non-hydrogen) atoms. The molecule has 2 aromatic carbocycles. The van der Waals surface area contributed by atoms with Crippen molar-refractivity contribution in [1.29, 1.82) is 0 Å². The fourth-order valence-corrected chi connectivity index (χ4v) is 2.24. The summed E-state index contributed by atoms with van der Waals surface area (Å²) in [7, 11) is 0. The summed E-state index contributed by atoms with van der Waals surface area (Å²) >= 11 is 0. The molecule has 2 aromatic rings. The topological polar surface area (TPSA) is 21.6 Å². The molecular weight excluding hydrogens is 258 g/mol. The first-order valence-corrected chi connectivity index (χ1v) is 7.65. The largest absolute Gasteiger partial charge is 0.488 e. The van der Waals surface area contributed by atoms with E-state index in [-0.39, 0.29) is 0 Å². The number of nitrogens with zero attached hydrogens (tertiary/aromatic N) is 1. The van der Waals surface area contributed by atoms with Crippen LogP contribution in [0, 0.1) is 6.92 Å². The van der Waals surface area contributed by atoms with Crippen LogP contribution in [0.1, 0.15) is 31.4 Å². The second-order valence-electron chi connectivity index (χ2n) is 4.91. The van der Waals surface area contributed by atoms with E-state index in [9.17, 15) is 0 Å². The van der Waals surface area contributed by atoms with Crippen LogP contribution in [0.3, 0.4) is 0 Å². The van der Waals surface area contributed by atoms with E-state index < -0.39 is 0 Å². The summed E-state index contributed by atoms with van der Waals surface area (Å²) in [6.45, 7) is 6.66. The van der Waals surface area contributed by atoms with Gasteiger partial charge in [-0.2, -0.15) is 0 Å². The highest BCUT2D eigenvalue weighted by Gasteiger charge is 2.11. The van der Waals surface area contributed by atoms with Gasteiger partial charge in [0.1, 0.15) is 12.4 Å². The maximum Gasteiger partial charge on any atom is 0.126 e. The predicted octanol–water partition coefficient (Wildman–Crippen LogP) is 5.12. The molecule has 2 heteroatoms. The van der Waals surface area contributed by atoms with Crippen LogP contribution in [0.4, 0.5) is 5.69 Å². The van der Waals surface area contributed by atoms with Crippen LogP contribution in [0.5, 0.6) is 5.75 Å². The molecule has 0 bridgehead atoms. The predicted molar refractivity (Wildman–Crippen MR) is 89.9 cm³/mol. The number of benzene rings is 2. The van der Waals surface area contributed by atoms with E-state index >= 15 is 0 Å². The van der Waals surface area contributed by atoms with Gasteiger partial charge < -0.3 is 4.74 Å². The van der Waals surface area contributed by atoms with Crippen LogP contribution in [0.15, 0.2) is 53.5 Å². The fourth-order valence-electron chi connectivity index (χ4n) is 2.24. The van der Waals surface area contributed by atoms with E-state index in [1.54, 1.807) is 0 Å². The van der Waals surface area contributed by atoms with Gasteiger partial charge in [0.05, 0.1) is 11.4 Å². The first-order valence-electron chi connectivity index (χ1n) is 7.65. The molecule has 0 fully saturated rings. The summed E-state index contributed by atoms with van der Waals surface area (Å²) in [5.74, 6) is 0.909. The Balaban J connectivity index is 0.000000774. The van der Waals surface area contributed by atoms with Crippen molar-refractivity contribution in [2.24, 2.45) is 4.99 Å². The van der Waals surface area contributed by atoms with E-state index in [1.165, 1.54) is 11.1 Å². The molecule has 0 radical (unpaired) electrons. The molecule has 0 N–H and O–H groups in total. The smallest absolute Gasteiger partial charge is 0.126 e. The Kier molecular flexibility index (Phi) is 5.56. The third-order valence-electron chi connectivity index (χ3n) is 3.38. The lowest BCUT2D eigenvalue weighted by Crippen LogP contribution is -2.15. The molecule has 1 aliphatic rings. The number of ether oxygens (including phenoxy) is 1. The summed E-state index contributed by atoms with van der Waals surface area (Å²) in [6.07, 6.45) is 2.05. The molecule has 0 amide bonds. The zero-order chi connectivity index (χ0) is 15.1. The Labute approximate surface area is 127 Å². The molecule has 1 aliphatic heterocycles. The minimum Gasteiger partial charge on any atom is -0.488 e. The Morgan fingerprint density at radius 2 is 1.67 bits per heavy atom. The number of rotatable bonds is 3. The Morgan fingerprint density at radius 1 is 0.952 bits per heavy atom. The summed E-state index contributed by atoms with van der Waals surface area (Å²) in [5.41, 5.74) is 4.80. The molecule has 0 unspecified atom stereocenters. The zero-order valence-corrected chi connectivity index (χ0v) is 13.1. The number of aliphatic imine (C=N–C) groups is 1. The number of fused-ring (bicyclic) bond motifs is 1. The van der Waals surface area contributed by atoms with Crippen LogP contribution >= 0.6 is 0 Å². The van der Waals surface area contributed by atoms with Crippen molar-refractivity contribution in [2.45, 2.75) is 33.6 Å². The van der Waals surface area contributed by atoms with Crippen LogP contribution in [-0.2, 0) is 6.42 Å². The number of para-hydroxylation sites is 1. The number of hydrogen-bond donors (Lipinski definition) is 0. The van der Waals surface area contributed by atoms with Crippen molar-refractivity contribution in [3.63, 3.8) is 0 Å². The molecule has 110 valence electrons. The average Bonchev–Trinajstić information content (AvgIpc) is 2.56. The van der Waals surface area contributed by atoms with Crippen LogP contribution in [0.2, 0.25) is 0 Å². The monoisotopic (exact) mass is 281 g/mol. The van der Waals surface area contributed by atoms with Crippen LogP contribution in [0.25, 0.3) is 0 Å². The summed E-state index contributed by atoms with van der Waals surface area (Å²) in [5, 5.41) is 0. The highest BCUT2D eigenvalue weighted by Crippen LogP contribution is 2.25. The maximum atomic E-state index is 5.78. The second kappa shape index (κ2) is 7.63. The molecular formula is C19H23NO.